The highest BCUT2D eigenvalue weighted by molar-refractivity contribution is 7.86. The van der Waals surface area contributed by atoms with Crippen LogP contribution in [0.2, 0.25) is 5.02 Å². The number of piperidine rings is 1. The molecule has 3 rings (SSSR count). The van der Waals surface area contributed by atoms with Gasteiger partial charge in [-0.3, -0.25) is 8.98 Å². The van der Waals surface area contributed by atoms with Gasteiger partial charge in [-0.2, -0.15) is 8.42 Å². The Labute approximate surface area is 160 Å². The fourth-order valence-electron chi connectivity index (χ4n) is 4.36. The van der Waals surface area contributed by atoms with Gasteiger partial charge in [0, 0.05) is 17.5 Å². The second-order valence-corrected chi connectivity index (χ2v) is 9.52. The molecule has 1 saturated heterocycles. The van der Waals surface area contributed by atoms with Crippen LogP contribution in [0.15, 0.2) is 24.3 Å². The third-order valence-electron chi connectivity index (χ3n) is 5.63. The summed E-state index contributed by atoms with van der Waals surface area (Å²) in [5, 5.41) is 3.88. The van der Waals surface area contributed by atoms with Crippen LogP contribution in [0, 0.1) is 5.92 Å². The van der Waals surface area contributed by atoms with Crippen LogP contribution >= 0.6 is 11.6 Å². The Hall–Kier alpha value is -0.950. The molecule has 0 radical (unpaired) electrons. The summed E-state index contributed by atoms with van der Waals surface area (Å²) in [7, 11) is -3.73. The van der Waals surface area contributed by atoms with Crippen molar-refractivity contribution in [3.05, 3.63) is 34.9 Å². The van der Waals surface area contributed by atoms with E-state index in [4.69, 9.17) is 15.8 Å². The van der Waals surface area contributed by atoms with Crippen molar-refractivity contribution in [2.75, 3.05) is 19.3 Å². The molecule has 0 spiro atoms. The van der Waals surface area contributed by atoms with Gasteiger partial charge in [-0.25, -0.2) is 0 Å². The lowest BCUT2D eigenvalue weighted by Gasteiger charge is -2.36. The minimum Gasteiger partial charge on any atom is -0.316 e. The van der Waals surface area contributed by atoms with E-state index >= 15 is 0 Å². The fraction of sp³-hybridized carbons (Fsp3) is 0.632. The molecule has 0 bridgehead atoms. The predicted molar refractivity (Wildman–Crippen MR) is 102 cm³/mol. The van der Waals surface area contributed by atoms with E-state index in [1.54, 1.807) is 12.1 Å². The molecule has 0 amide bonds. The smallest absolute Gasteiger partial charge is 0.265 e. The third kappa shape index (κ3) is 4.30. The fourth-order valence-corrected chi connectivity index (χ4v) is 5.11. The molecule has 2 unspecified atom stereocenters. The first-order chi connectivity index (χ1) is 12.3. The Morgan fingerprint density at radius 1 is 1.23 bits per heavy atom. The molecule has 7 heteroatoms. The maximum Gasteiger partial charge on any atom is 0.265 e. The Balaban J connectivity index is 1.97. The molecule has 1 aromatic carbocycles. The standard InChI is InChI=1S/C19H26ClNO4S/c1-26(23,24)25-17(14-5-4-12-21-13-14)18(22)19(10-2-3-11-19)15-6-8-16(20)9-7-15/h6-9,14,17,21H,2-5,10-13H2,1H3. The van der Waals surface area contributed by atoms with Gasteiger partial charge in [-0.1, -0.05) is 36.6 Å². The molecule has 2 aliphatic rings. The average Bonchev–Trinajstić information content (AvgIpc) is 3.11. The number of halogens is 1. The van der Waals surface area contributed by atoms with Gasteiger partial charge in [-0.05, 0) is 49.9 Å². The molecule has 2 fully saturated rings. The van der Waals surface area contributed by atoms with Crippen molar-refractivity contribution < 1.29 is 17.4 Å². The van der Waals surface area contributed by atoms with Gasteiger partial charge in [0.25, 0.3) is 10.1 Å². The normalized spacial score (nSPS) is 24.3. The highest BCUT2D eigenvalue weighted by Gasteiger charge is 2.48. The minimum atomic E-state index is -3.73. The topological polar surface area (TPSA) is 72.5 Å². The number of carbonyl (C=O) groups excluding carboxylic acids is 1. The number of nitrogens with one attached hydrogen (secondary N) is 1. The quantitative estimate of drug-likeness (QED) is 0.744. The van der Waals surface area contributed by atoms with E-state index in [0.29, 0.717) is 11.6 Å². The molecule has 26 heavy (non-hydrogen) atoms. The lowest BCUT2D eigenvalue weighted by atomic mass is 9.71. The number of ketones is 1. The number of benzene rings is 1. The Morgan fingerprint density at radius 3 is 2.42 bits per heavy atom. The van der Waals surface area contributed by atoms with E-state index in [-0.39, 0.29) is 11.7 Å². The average molecular weight is 400 g/mol. The molecule has 1 N–H and O–H groups in total. The number of rotatable bonds is 6. The van der Waals surface area contributed by atoms with Gasteiger partial charge in [0.1, 0.15) is 6.10 Å². The molecular formula is C19H26ClNO4S. The van der Waals surface area contributed by atoms with Crippen LogP contribution in [-0.2, 0) is 24.5 Å². The van der Waals surface area contributed by atoms with Crippen molar-refractivity contribution in [1.29, 1.82) is 0 Å². The van der Waals surface area contributed by atoms with E-state index in [2.05, 4.69) is 5.32 Å². The lowest BCUT2D eigenvalue weighted by molar-refractivity contribution is -0.134. The Bertz CT molecular complexity index is 735. The predicted octanol–water partition coefficient (Wildman–Crippen LogP) is 3.07. The SMILES string of the molecule is CS(=O)(=O)OC(C(=O)C1(c2ccc(Cl)cc2)CCCC1)C1CCCNC1. The van der Waals surface area contributed by atoms with Crippen molar-refractivity contribution >= 4 is 27.5 Å². The summed E-state index contributed by atoms with van der Waals surface area (Å²) in [6.45, 7) is 1.49. The highest BCUT2D eigenvalue weighted by Crippen LogP contribution is 2.44. The molecule has 5 nitrogen and oxygen atoms in total. The van der Waals surface area contributed by atoms with Crippen LogP contribution in [0.3, 0.4) is 0 Å². The summed E-state index contributed by atoms with van der Waals surface area (Å²) < 4.78 is 29.1. The van der Waals surface area contributed by atoms with Crippen LogP contribution in [0.4, 0.5) is 0 Å². The molecule has 144 valence electrons. The Kier molecular flexibility index (Phi) is 6.07. The van der Waals surface area contributed by atoms with Crippen molar-refractivity contribution in [1.82, 2.24) is 5.32 Å². The summed E-state index contributed by atoms with van der Waals surface area (Å²) in [6.07, 6.45) is 5.12. The van der Waals surface area contributed by atoms with Crippen molar-refractivity contribution in [2.45, 2.75) is 50.0 Å². The molecule has 1 aromatic rings. The van der Waals surface area contributed by atoms with Gasteiger partial charge in [0.05, 0.1) is 11.7 Å². The molecule has 1 aliphatic heterocycles. The summed E-state index contributed by atoms with van der Waals surface area (Å²) in [4.78, 5) is 13.7. The first kappa shape index (κ1) is 19.8. The number of hydrogen-bond donors (Lipinski definition) is 1. The van der Waals surface area contributed by atoms with Gasteiger partial charge in [-0.15, -0.1) is 0 Å². The maximum absolute atomic E-state index is 13.7. The van der Waals surface area contributed by atoms with Gasteiger partial charge in [0.15, 0.2) is 5.78 Å². The molecule has 0 aromatic heterocycles. The zero-order chi connectivity index (χ0) is 18.8. The number of Topliss-reactive ketones (excluding diaryl/α,β-unsaturated/α-hetero) is 1. The van der Waals surface area contributed by atoms with E-state index in [9.17, 15) is 13.2 Å². The van der Waals surface area contributed by atoms with Gasteiger partial charge >= 0.3 is 0 Å². The summed E-state index contributed by atoms with van der Waals surface area (Å²) in [6, 6.07) is 7.36. The van der Waals surface area contributed by atoms with Crippen LogP contribution in [0.5, 0.6) is 0 Å². The summed E-state index contributed by atoms with van der Waals surface area (Å²) in [5.74, 6) is -0.229. The Morgan fingerprint density at radius 2 is 1.88 bits per heavy atom. The zero-order valence-corrected chi connectivity index (χ0v) is 16.6. The van der Waals surface area contributed by atoms with Crippen molar-refractivity contribution in [3.8, 4) is 0 Å². The number of hydrogen-bond acceptors (Lipinski definition) is 5. The van der Waals surface area contributed by atoms with Crippen LogP contribution < -0.4 is 5.32 Å². The summed E-state index contributed by atoms with van der Waals surface area (Å²) in [5.41, 5.74) is 0.229. The minimum absolute atomic E-state index is 0.101. The summed E-state index contributed by atoms with van der Waals surface area (Å²) >= 11 is 6.02. The van der Waals surface area contributed by atoms with E-state index in [1.165, 1.54) is 0 Å². The van der Waals surface area contributed by atoms with Crippen LogP contribution in [0.1, 0.15) is 44.1 Å². The second kappa shape index (κ2) is 7.97. The van der Waals surface area contributed by atoms with Crippen molar-refractivity contribution in [3.63, 3.8) is 0 Å². The van der Waals surface area contributed by atoms with Gasteiger partial charge in [0.2, 0.25) is 0 Å². The first-order valence-corrected chi connectivity index (χ1v) is 11.4. The molecule has 1 heterocycles. The molecule has 1 saturated carbocycles. The largest absolute Gasteiger partial charge is 0.316 e. The van der Waals surface area contributed by atoms with E-state index < -0.39 is 21.6 Å². The lowest BCUT2D eigenvalue weighted by Crippen LogP contribution is -2.49. The number of carbonyl (C=O) groups is 1. The van der Waals surface area contributed by atoms with Crippen molar-refractivity contribution in [2.24, 2.45) is 5.92 Å². The third-order valence-corrected chi connectivity index (χ3v) is 6.43. The van der Waals surface area contributed by atoms with Gasteiger partial charge < -0.3 is 5.32 Å². The first-order valence-electron chi connectivity index (χ1n) is 9.21. The monoisotopic (exact) mass is 399 g/mol. The molecule has 2 atom stereocenters. The van der Waals surface area contributed by atoms with Crippen LogP contribution in [0.25, 0.3) is 0 Å². The van der Waals surface area contributed by atoms with E-state index in [0.717, 1.165) is 56.9 Å². The maximum atomic E-state index is 13.7. The zero-order valence-electron chi connectivity index (χ0n) is 15.0. The highest BCUT2D eigenvalue weighted by atomic mass is 35.5. The van der Waals surface area contributed by atoms with Crippen LogP contribution in [-0.4, -0.2) is 39.7 Å². The molecule has 1 aliphatic carbocycles. The molecular weight excluding hydrogens is 374 g/mol. The second-order valence-electron chi connectivity index (χ2n) is 7.49. The van der Waals surface area contributed by atoms with E-state index in [1.807, 2.05) is 12.1 Å².